The summed E-state index contributed by atoms with van der Waals surface area (Å²) in [4.78, 5) is 10.9. The van der Waals surface area contributed by atoms with Gasteiger partial charge in [-0.1, -0.05) is 19.9 Å². The smallest absolute Gasteiger partial charge is 0.344 e. The maximum atomic E-state index is 10.9. The molecule has 1 saturated carbocycles. The van der Waals surface area contributed by atoms with Crippen molar-refractivity contribution in [2.75, 3.05) is 7.11 Å². The summed E-state index contributed by atoms with van der Waals surface area (Å²) in [5.41, 5.74) is 0.368. The lowest BCUT2D eigenvalue weighted by molar-refractivity contribution is -0.135. The zero-order valence-corrected chi connectivity index (χ0v) is 9.14. The summed E-state index contributed by atoms with van der Waals surface area (Å²) < 4.78 is 5.10. The number of halogens is 1. The summed E-state index contributed by atoms with van der Waals surface area (Å²) in [6, 6.07) is 0. The SMILES string of the molecule is COC(=O)/C(Br)=C\C1CC1(C)C. The van der Waals surface area contributed by atoms with Crippen LogP contribution in [0.4, 0.5) is 0 Å². The first-order chi connectivity index (χ1) is 5.47. The van der Waals surface area contributed by atoms with Gasteiger partial charge in [-0.2, -0.15) is 0 Å². The van der Waals surface area contributed by atoms with Gasteiger partial charge >= 0.3 is 5.97 Å². The maximum absolute atomic E-state index is 10.9. The number of hydrogen-bond acceptors (Lipinski definition) is 2. The topological polar surface area (TPSA) is 26.3 Å². The fourth-order valence-corrected chi connectivity index (χ4v) is 1.62. The van der Waals surface area contributed by atoms with E-state index in [1.807, 2.05) is 6.08 Å². The van der Waals surface area contributed by atoms with Crippen LogP contribution in [0.1, 0.15) is 20.3 Å². The predicted molar refractivity (Wildman–Crippen MR) is 50.9 cm³/mol. The van der Waals surface area contributed by atoms with Gasteiger partial charge in [-0.15, -0.1) is 0 Å². The van der Waals surface area contributed by atoms with Crippen molar-refractivity contribution < 1.29 is 9.53 Å². The first-order valence-corrected chi connectivity index (χ1v) is 4.72. The molecule has 0 amide bonds. The highest BCUT2D eigenvalue weighted by Crippen LogP contribution is 2.53. The molecule has 2 nitrogen and oxygen atoms in total. The highest BCUT2D eigenvalue weighted by atomic mass is 79.9. The van der Waals surface area contributed by atoms with Crippen molar-refractivity contribution in [3.63, 3.8) is 0 Å². The van der Waals surface area contributed by atoms with Crippen LogP contribution in [-0.2, 0) is 9.53 Å². The van der Waals surface area contributed by atoms with Crippen molar-refractivity contribution in [1.29, 1.82) is 0 Å². The summed E-state index contributed by atoms with van der Waals surface area (Å²) >= 11 is 3.18. The Morgan fingerprint density at radius 2 is 2.17 bits per heavy atom. The van der Waals surface area contributed by atoms with E-state index in [2.05, 4.69) is 34.5 Å². The Hall–Kier alpha value is -0.310. The lowest BCUT2D eigenvalue weighted by Gasteiger charge is -1.98. The number of carbonyl (C=O) groups excluding carboxylic acids is 1. The average molecular weight is 233 g/mol. The number of carbonyl (C=O) groups is 1. The van der Waals surface area contributed by atoms with Crippen molar-refractivity contribution in [2.24, 2.45) is 11.3 Å². The number of rotatable bonds is 2. The van der Waals surface area contributed by atoms with Crippen LogP contribution in [0.2, 0.25) is 0 Å². The van der Waals surface area contributed by atoms with Gasteiger partial charge in [0.1, 0.15) is 0 Å². The van der Waals surface area contributed by atoms with Crippen molar-refractivity contribution in [1.82, 2.24) is 0 Å². The van der Waals surface area contributed by atoms with Crippen LogP contribution in [-0.4, -0.2) is 13.1 Å². The van der Waals surface area contributed by atoms with Crippen LogP contribution in [0.5, 0.6) is 0 Å². The zero-order valence-electron chi connectivity index (χ0n) is 7.56. The zero-order chi connectivity index (χ0) is 9.35. The minimum Gasteiger partial charge on any atom is -0.465 e. The first kappa shape index (κ1) is 9.78. The second-order valence-electron chi connectivity index (χ2n) is 3.81. The molecule has 1 fully saturated rings. The Labute approximate surface area is 81.1 Å². The highest BCUT2D eigenvalue weighted by molar-refractivity contribution is 9.12. The highest BCUT2D eigenvalue weighted by Gasteiger charge is 2.44. The van der Waals surface area contributed by atoms with Crippen molar-refractivity contribution in [3.8, 4) is 0 Å². The van der Waals surface area contributed by atoms with Gasteiger partial charge in [0, 0.05) is 0 Å². The van der Waals surface area contributed by atoms with Crippen molar-refractivity contribution >= 4 is 21.9 Å². The van der Waals surface area contributed by atoms with Crippen LogP contribution < -0.4 is 0 Å². The molecule has 3 heteroatoms. The van der Waals surface area contributed by atoms with Gasteiger partial charge in [0.05, 0.1) is 11.6 Å². The predicted octanol–water partition coefficient (Wildman–Crippen LogP) is 2.48. The second kappa shape index (κ2) is 3.21. The fourth-order valence-electron chi connectivity index (χ4n) is 1.13. The van der Waals surface area contributed by atoms with E-state index >= 15 is 0 Å². The summed E-state index contributed by atoms with van der Waals surface area (Å²) in [6.07, 6.45) is 3.09. The molecule has 1 aliphatic rings. The summed E-state index contributed by atoms with van der Waals surface area (Å²) in [5, 5.41) is 0. The molecule has 1 rings (SSSR count). The molecule has 0 N–H and O–H groups in total. The second-order valence-corrected chi connectivity index (χ2v) is 4.66. The van der Waals surface area contributed by atoms with Crippen LogP contribution in [0, 0.1) is 11.3 Å². The number of methoxy groups -OCH3 is 1. The van der Waals surface area contributed by atoms with E-state index in [0.717, 1.165) is 6.42 Å². The number of hydrogen-bond donors (Lipinski definition) is 0. The molecule has 0 radical (unpaired) electrons. The van der Waals surface area contributed by atoms with E-state index in [4.69, 9.17) is 0 Å². The van der Waals surface area contributed by atoms with Crippen molar-refractivity contribution in [2.45, 2.75) is 20.3 Å². The Balaban J connectivity index is 2.54. The van der Waals surface area contributed by atoms with Gasteiger partial charge in [0.2, 0.25) is 0 Å². The minimum atomic E-state index is -0.294. The van der Waals surface area contributed by atoms with E-state index in [1.54, 1.807) is 0 Å². The Morgan fingerprint density at radius 3 is 2.50 bits per heavy atom. The summed E-state index contributed by atoms with van der Waals surface area (Å²) in [6.45, 7) is 4.37. The van der Waals surface area contributed by atoms with Gasteiger partial charge in [-0.25, -0.2) is 4.79 Å². The Morgan fingerprint density at radius 1 is 1.67 bits per heavy atom. The number of ether oxygens (including phenoxy) is 1. The average Bonchev–Trinajstić information content (AvgIpc) is 2.57. The third-order valence-electron chi connectivity index (χ3n) is 2.32. The van der Waals surface area contributed by atoms with E-state index in [9.17, 15) is 4.79 Å². The molecule has 0 aromatic carbocycles. The van der Waals surface area contributed by atoms with Gasteiger partial charge in [0.25, 0.3) is 0 Å². The minimum absolute atomic E-state index is 0.294. The molecule has 0 spiro atoms. The molecule has 0 saturated heterocycles. The van der Waals surface area contributed by atoms with Crippen LogP contribution in [0.15, 0.2) is 10.6 Å². The van der Waals surface area contributed by atoms with Gasteiger partial charge in [-0.05, 0) is 33.7 Å². The molecule has 0 aromatic rings. The first-order valence-electron chi connectivity index (χ1n) is 3.93. The fraction of sp³-hybridized carbons (Fsp3) is 0.667. The maximum Gasteiger partial charge on any atom is 0.344 e. The Kier molecular flexibility index (Phi) is 2.61. The molecule has 12 heavy (non-hydrogen) atoms. The molecular weight excluding hydrogens is 220 g/mol. The Bertz CT molecular complexity index is 231. The summed E-state index contributed by atoms with van der Waals surface area (Å²) in [5.74, 6) is 0.226. The molecule has 1 unspecified atom stereocenters. The monoisotopic (exact) mass is 232 g/mol. The quantitative estimate of drug-likeness (QED) is 0.541. The van der Waals surface area contributed by atoms with Crippen LogP contribution >= 0.6 is 15.9 Å². The summed E-state index contributed by atoms with van der Waals surface area (Å²) in [7, 11) is 1.38. The third-order valence-corrected chi connectivity index (χ3v) is 2.91. The van der Waals surface area contributed by atoms with E-state index in [1.165, 1.54) is 7.11 Å². The van der Waals surface area contributed by atoms with Gasteiger partial charge in [-0.3, -0.25) is 0 Å². The van der Waals surface area contributed by atoms with E-state index in [-0.39, 0.29) is 5.97 Å². The molecule has 1 aliphatic carbocycles. The molecule has 0 aliphatic heterocycles. The molecular formula is C9H13BrO2. The normalized spacial score (nSPS) is 26.7. The van der Waals surface area contributed by atoms with E-state index < -0.39 is 0 Å². The van der Waals surface area contributed by atoms with E-state index in [0.29, 0.717) is 15.8 Å². The number of allylic oxidation sites excluding steroid dienone is 1. The largest absolute Gasteiger partial charge is 0.465 e. The molecule has 68 valence electrons. The van der Waals surface area contributed by atoms with Crippen LogP contribution in [0.25, 0.3) is 0 Å². The number of esters is 1. The molecule has 0 heterocycles. The molecule has 0 aromatic heterocycles. The lowest BCUT2D eigenvalue weighted by Crippen LogP contribution is -2.00. The van der Waals surface area contributed by atoms with Crippen molar-refractivity contribution in [3.05, 3.63) is 10.6 Å². The molecule has 1 atom stereocenters. The van der Waals surface area contributed by atoms with Gasteiger partial charge in [0.15, 0.2) is 0 Å². The third kappa shape index (κ3) is 2.09. The van der Waals surface area contributed by atoms with Crippen LogP contribution in [0.3, 0.4) is 0 Å². The molecule has 0 bridgehead atoms. The lowest BCUT2D eigenvalue weighted by atomic mass is 10.1. The van der Waals surface area contributed by atoms with Gasteiger partial charge < -0.3 is 4.74 Å². The standard InChI is InChI=1S/C9H13BrO2/c1-9(2)5-6(9)4-7(10)8(11)12-3/h4,6H,5H2,1-3H3/b7-4+.